The van der Waals surface area contributed by atoms with Crippen LogP contribution in [-0.2, 0) is 19.3 Å². The average Bonchev–Trinajstić information content (AvgIpc) is 3.08. The second-order valence-electron chi connectivity index (χ2n) is 10.9. The molecule has 3 fully saturated rings. The van der Waals surface area contributed by atoms with Crippen molar-refractivity contribution in [1.82, 2.24) is 0 Å². The van der Waals surface area contributed by atoms with Crippen molar-refractivity contribution in [3.8, 4) is 0 Å². The molecule has 188 valence electrons. The van der Waals surface area contributed by atoms with E-state index < -0.39 is 48.5 Å². The number of aliphatic hydroxyl groups excluding tert-OH is 4. The van der Waals surface area contributed by atoms with Crippen LogP contribution in [0.3, 0.4) is 0 Å². The number of hydrogen-bond acceptors (Lipinski definition) is 8. The molecule has 0 aromatic carbocycles. The van der Waals surface area contributed by atoms with Crippen molar-refractivity contribution in [2.24, 2.45) is 47.3 Å². The summed E-state index contributed by atoms with van der Waals surface area (Å²) in [6, 6.07) is 0. The van der Waals surface area contributed by atoms with E-state index in [0.717, 1.165) is 25.7 Å². The van der Waals surface area contributed by atoms with Gasteiger partial charge in [0, 0.05) is 5.92 Å². The van der Waals surface area contributed by atoms with Gasteiger partial charge in [0.25, 0.3) is 5.76 Å². The molecule has 8 nitrogen and oxygen atoms in total. The zero-order valence-corrected chi connectivity index (χ0v) is 20.1. The fraction of sp³-hybridized carbons (Fsp3) is 0.880. The number of fused-ring (bicyclic) bond motifs is 2. The van der Waals surface area contributed by atoms with Gasteiger partial charge >= 0.3 is 5.97 Å². The highest BCUT2D eigenvalue weighted by Crippen LogP contribution is 2.58. The Morgan fingerprint density at radius 1 is 1.06 bits per heavy atom. The number of carbonyl (C=O) groups is 1. The van der Waals surface area contributed by atoms with Crippen molar-refractivity contribution in [2.75, 3.05) is 6.61 Å². The summed E-state index contributed by atoms with van der Waals surface area (Å²) in [5.41, 5.74) is 0. The van der Waals surface area contributed by atoms with Crippen LogP contribution in [0.4, 0.5) is 0 Å². The van der Waals surface area contributed by atoms with E-state index in [1.807, 2.05) is 0 Å². The lowest BCUT2D eigenvalue weighted by atomic mass is 9.48. The zero-order chi connectivity index (χ0) is 24.0. The quantitative estimate of drug-likeness (QED) is 0.266. The van der Waals surface area contributed by atoms with E-state index >= 15 is 0 Å². The van der Waals surface area contributed by atoms with Crippen molar-refractivity contribution in [3.63, 3.8) is 0 Å². The fourth-order valence-electron chi connectivity index (χ4n) is 7.83. The van der Waals surface area contributed by atoms with Gasteiger partial charge in [0.15, 0.2) is 11.9 Å². The number of esters is 1. The minimum atomic E-state index is -1.45. The van der Waals surface area contributed by atoms with Gasteiger partial charge in [-0.05, 0) is 67.1 Å². The van der Waals surface area contributed by atoms with Crippen molar-refractivity contribution >= 4 is 5.97 Å². The predicted molar refractivity (Wildman–Crippen MR) is 118 cm³/mol. The van der Waals surface area contributed by atoms with Gasteiger partial charge in [-0.1, -0.05) is 34.1 Å². The minimum Gasteiger partial charge on any atom is -0.505 e. The molecule has 0 bridgehead atoms. The smallest absolute Gasteiger partial charge is 0.382 e. The second kappa shape index (κ2) is 9.72. The maximum Gasteiger partial charge on any atom is 0.382 e. The topological polar surface area (TPSA) is 126 Å². The van der Waals surface area contributed by atoms with Gasteiger partial charge < -0.3 is 30.1 Å². The Labute approximate surface area is 195 Å². The Kier molecular flexibility index (Phi) is 7.29. The van der Waals surface area contributed by atoms with Gasteiger partial charge in [-0.25, -0.2) is 4.79 Å². The molecular weight excluding hydrogens is 428 g/mol. The van der Waals surface area contributed by atoms with E-state index in [9.17, 15) is 20.1 Å². The molecule has 4 aliphatic rings. The normalized spacial score (nSPS) is 46.4. The molecule has 33 heavy (non-hydrogen) atoms. The van der Waals surface area contributed by atoms with E-state index in [1.165, 1.54) is 0 Å². The van der Waals surface area contributed by atoms with E-state index in [1.54, 1.807) is 0 Å². The molecule has 1 heterocycles. The first-order valence-electron chi connectivity index (χ1n) is 12.7. The zero-order valence-electron chi connectivity index (χ0n) is 20.1. The van der Waals surface area contributed by atoms with Crippen LogP contribution in [0.5, 0.6) is 0 Å². The predicted octanol–water partition coefficient (Wildman–Crippen LogP) is 2.71. The fourth-order valence-corrected chi connectivity index (χ4v) is 7.83. The van der Waals surface area contributed by atoms with Gasteiger partial charge in [0.1, 0.15) is 12.2 Å². The Hall–Kier alpha value is -1.35. The maximum absolute atomic E-state index is 12.3. The summed E-state index contributed by atoms with van der Waals surface area (Å²) in [7, 11) is 0. The molecule has 3 saturated carbocycles. The summed E-state index contributed by atoms with van der Waals surface area (Å²) in [4.78, 5) is 23.7. The summed E-state index contributed by atoms with van der Waals surface area (Å²) in [5.74, 6) is 0.827. The molecule has 8 heteroatoms. The summed E-state index contributed by atoms with van der Waals surface area (Å²) in [6.07, 6.45) is 1.13. The summed E-state index contributed by atoms with van der Waals surface area (Å²) in [6.45, 7) is 8.50. The molecule has 1 aliphatic heterocycles. The van der Waals surface area contributed by atoms with Crippen LogP contribution in [0.1, 0.15) is 59.8 Å². The number of cyclic esters (lactones) is 1. The van der Waals surface area contributed by atoms with Crippen molar-refractivity contribution in [3.05, 3.63) is 11.5 Å². The van der Waals surface area contributed by atoms with Crippen molar-refractivity contribution in [2.45, 2.75) is 84.2 Å². The molecule has 0 aromatic heterocycles. The lowest BCUT2D eigenvalue weighted by molar-refractivity contribution is -0.348. The monoisotopic (exact) mass is 468 g/mol. The van der Waals surface area contributed by atoms with Gasteiger partial charge in [-0.3, -0.25) is 0 Å². The van der Waals surface area contributed by atoms with Gasteiger partial charge in [-0.2, -0.15) is 4.89 Å². The van der Waals surface area contributed by atoms with E-state index in [-0.39, 0.29) is 17.8 Å². The van der Waals surface area contributed by atoms with Gasteiger partial charge in [0.05, 0.1) is 12.7 Å². The number of ether oxygens (including phenoxy) is 1. The molecule has 4 rings (SSSR count). The highest BCUT2D eigenvalue weighted by Gasteiger charge is 2.58. The highest BCUT2D eigenvalue weighted by molar-refractivity contribution is 5.89. The van der Waals surface area contributed by atoms with Gasteiger partial charge in [-0.15, -0.1) is 0 Å². The first kappa shape index (κ1) is 24.8. The molecule has 12 atom stereocenters. The van der Waals surface area contributed by atoms with Crippen LogP contribution in [-0.4, -0.2) is 57.4 Å². The number of aliphatic hydroxyl groups is 4. The van der Waals surface area contributed by atoms with Crippen LogP contribution in [0.2, 0.25) is 0 Å². The van der Waals surface area contributed by atoms with Crippen LogP contribution < -0.4 is 0 Å². The molecule has 0 spiro atoms. The molecule has 0 radical (unpaired) electrons. The standard InChI is InChI=1S/C25H40O8/c1-5-14-7-8-15-19(12(14)3)13(4)18-11(2)6-9-16(27)20(18)22(15)32-33-24-21(29)23(17(28)10-26)31-25(24)30/h11-20,22-23,26-29H,5-10H2,1-4H3/t11?,12?,13?,14?,15?,16?,17-,18?,19?,20?,22?,23+/m0/s1. The third-order valence-corrected chi connectivity index (χ3v) is 9.42. The average molecular weight is 469 g/mol. The number of hydrogen-bond donors (Lipinski definition) is 4. The van der Waals surface area contributed by atoms with E-state index in [0.29, 0.717) is 36.0 Å². The molecule has 0 aromatic rings. The van der Waals surface area contributed by atoms with Crippen LogP contribution in [0.25, 0.3) is 0 Å². The van der Waals surface area contributed by atoms with E-state index in [2.05, 4.69) is 27.7 Å². The third kappa shape index (κ3) is 4.17. The molecular formula is C25H40O8. The summed E-state index contributed by atoms with van der Waals surface area (Å²) < 4.78 is 4.97. The van der Waals surface area contributed by atoms with Crippen LogP contribution in [0.15, 0.2) is 11.5 Å². The molecule has 0 saturated heterocycles. The Balaban J connectivity index is 1.62. The summed E-state index contributed by atoms with van der Waals surface area (Å²) in [5, 5.41) is 40.4. The Morgan fingerprint density at radius 3 is 2.45 bits per heavy atom. The minimum absolute atomic E-state index is 0.116. The van der Waals surface area contributed by atoms with Crippen LogP contribution in [0, 0.1) is 47.3 Å². The Morgan fingerprint density at radius 2 is 1.79 bits per heavy atom. The summed E-state index contributed by atoms with van der Waals surface area (Å²) >= 11 is 0. The van der Waals surface area contributed by atoms with E-state index in [4.69, 9.17) is 19.6 Å². The van der Waals surface area contributed by atoms with Crippen molar-refractivity contribution in [1.29, 1.82) is 0 Å². The lowest BCUT2D eigenvalue weighted by Crippen LogP contribution is -2.60. The molecule has 3 aliphatic carbocycles. The second-order valence-corrected chi connectivity index (χ2v) is 10.9. The van der Waals surface area contributed by atoms with Crippen molar-refractivity contribution < 1.29 is 39.7 Å². The lowest BCUT2D eigenvalue weighted by Gasteiger charge is -2.59. The third-order valence-electron chi connectivity index (χ3n) is 9.42. The highest BCUT2D eigenvalue weighted by atomic mass is 17.2. The largest absolute Gasteiger partial charge is 0.505 e. The first-order chi connectivity index (χ1) is 15.7. The molecule has 4 N–H and O–H groups in total. The SMILES string of the molecule is CCC1CCC2C(OOC3=C(O)[C@@H]([C@@H](O)CO)OC3=O)C3C(O)CCC(C)C3C(C)C2C1C. The Bertz CT molecular complexity index is 753. The van der Waals surface area contributed by atoms with Gasteiger partial charge in [0.2, 0.25) is 0 Å². The number of rotatable bonds is 6. The molecule has 10 unspecified atom stereocenters. The maximum atomic E-state index is 12.3. The van der Waals surface area contributed by atoms with Crippen LogP contribution >= 0.6 is 0 Å². The first-order valence-corrected chi connectivity index (χ1v) is 12.7. The number of carbonyl (C=O) groups excluding carboxylic acids is 1. The molecule has 0 amide bonds.